The fraction of sp³-hybridized carbons (Fsp3) is 0.667. The highest BCUT2D eigenvalue weighted by Crippen LogP contribution is 2.32. The molecule has 1 saturated heterocycles. The topological polar surface area (TPSA) is 63.7 Å². The van der Waals surface area contributed by atoms with Gasteiger partial charge in [0.2, 0.25) is 5.91 Å². The lowest BCUT2D eigenvalue weighted by Gasteiger charge is -2.33. The molecule has 1 aromatic heterocycles. The highest BCUT2D eigenvalue weighted by Gasteiger charge is 2.35. The number of carbonyl (C=O) groups excluding carboxylic acids is 1. The summed E-state index contributed by atoms with van der Waals surface area (Å²) in [6.45, 7) is 6.11. The quantitative estimate of drug-likeness (QED) is 0.681. The van der Waals surface area contributed by atoms with Crippen molar-refractivity contribution in [3.8, 4) is 0 Å². The van der Waals surface area contributed by atoms with Crippen molar-refractivity contribution in [2.75, 3.05) is 26.9 Å². The van der Waals surface area contributed by atoms with Gasteiger partial charge in [0.1, 0.15) is 0 Å². The van der Waals surface area contributed by atoms with Crippen LogP contribution in [0.2, 0.25) is 0 Å². The smallest absolute Gasteiger partial charge is 0.379 e. The van der Waals surface area contributed by atoms with Gasteiger partial charge in [0.05, 0.1) is 24.2 Å². The molecule has 0 spiro atoms. The number of halogens is 3. The van der Waals surface area contributed by atoms with Gasteiger partial charge in [-0.05, 0) is 24.5 Å². The molecule has 33 heavy (non-hydrogen) atoms. The van der Waals surface area contributed by atoms with E-state index < -0.39 is 11.7 Å². The molecule has 3 aliphatic rings. The third-order valence-electron chi connectivity index (χ3n) is 6.11. The summed E-state index contributed by atoms with van der Waals surface area (Å²) in [5.41, 5.74) is 0.342. The van der Waals surface area contributed by atoms with Crippen LogP contribution < -0.4 is 5.32 Å². The summed E-state index contributed by atoms with van der Waals surface area (Å²) in [5, 5.41) is 3.55. The first-order chi connectivity index (χ1) is 15.8. The monoisotopic (exact) mass is 469 g/mol. The Morgan fingerprint density at radius 3 is 2.79 bits per heavy atom. The minimum absolute atomic E-state index is 0.0178. The van der Waals surface area contributed by atoms with Gasteiger partial charge in [-0.25, -0.2) is 0 Å². The summed E-state index contributed by atoms with van der Waals surface area (Å²) in [6.07, 6.45) is 3.52. The van der Waals surface area contributed by atoms with Crippen molar-refractivity contribution in [3.63, 3.8) is 0 Å². The first-order valence-corrected chi connectivity index (χ1v) is 11.6. The summed E-state index contributed by atoms with van der Waals surface area (Å²) in [7, 11) is 1.66. The van der Waals surface area contributed by atoms with Crippen molar-refractivity contribution < 1.29 is 27.4 Å². The molecule has 1 aromatic rings. The minimum Gasteiger partial charge on any atom is -0.379 e. The van der Waals surface area contributed by atoms with Gasteiger partial charge in [-0.2, -0.15) is 13.2 Å². The molecule has 2 aliphatic heterocycles. The molecule has 4 rings (SSSR count). The van der Waals surface area contributed by atoms with E-state index in [1.807, 2.05) is 12.2 Å². The third kappa shape index (κ3) is 6.55. The molecule has 1 N–H and O–H groups in total. The molecule has 4 atom stereocenters. The predicted octanol–water partition coefficient (Wildman–Crippen LogP) is 3.74. The Morgan fingerprint density at radius 1 is 1.33 bits per heavy atom. The van der Waals surface area contributed by atoms with E-state index in [1.54, 1.807) is 12.0 Å². The summed E-state index contributed by atoms with van der Waals surface area (Å²) in [4.78, 5) is 18.6. The molecule has 184 valence electrons. The maximum atomic E-state index is 13.0. The van der Waals surface area contributed by atoms with Crippen LogP contribution in [-0.2, 0) is 33.4 Å². The zero-order valence-electron chi connectivity index (χ0n) is 19.5. The van der Waals surface area contributed by atoms with Crippen LogP contribution >= 0.6 is 0 Å². The average Bonchev–Trinajstić information content (AvgIpc) is 3.26. The van der Waals surface area contributed by atoms with Crippen molar-refractivity contribution in [2.45, 2.75) is 70.4 Å². The number of nitrogens with one attached hydrogen (secondary N) is 1. The number of hydrogen-bond acceptors (Lipinski definition) is 5. The summed E-state index contributed by atoms with van der Waals surface area (Å²) in [5.74, 6) is -0.322. The minimum atomic E-state index is -4.44. The Bertz CT molecular complexity index is 831. The molecule has 1 aliphatic carbocycles. The van der Waals surface area contributed by atoms with Crippen molar-refractivity contribution in [1.29, 1.82) is 0 Å². The molecule has 6 nitrogen and oxygen atoms in total. The largest absolute Gasteiger partial charge is 0.417 e. The Kier molecular flexibility index (Phi) is 8.89. The van der Waals surface area contributed by atoms with Gasteiger partial charge in [0.25, 0.3) is 0 Å². The molecule has 3 heterocycles. The Labute approximate surface area is 193 Å². The Morgan fingerprint density at radius 2 is 2.09 bits per heavy atom. The van der Waals surface area contributed by atoms with Crippen LogP contribution in [0.25, 0.3) is 0 Å². The lowest BCUT2D eigenvalue weighted by molar-refractivity contribution is -0.137. The molecule has 0 saturated carbocycles. The number of amides is 1. The molecule has 0 aromatic carbocycles. The molecular formula is C24H34F3N3O3. The first kappa shape index (κ1) is 25.6. The number of rotatable bonds is 4. The van der Waals surface area contributed by atoms with Crippen LogP contribution in [0.5, 0.6) is 0 Å². The number of alkyl halides is 3. The van der Waals surface area contributed by atoms with Gasteiger partial charge in [-0.15, -0.1) is 0 Å². The zero-order valence-corrected chi connectivity index (χ0v) is 19.5. The highest BCUT2D eigenvalue weighted by molar-refractivity contribution is 5.81. The molecule has 1 fully saturated rings. The van der Waals surface area contributed by atoms with Crippen LogP contribution in [-0.4, -0.2) is 60.8 Å². The van der Waals surface area contributed by atoms with E-state index in [1.165, 1.54) is 6.42 Å². The van der Waals surface area contributed by atoms with Crippen molar-refractivity contribution >= 4 is 5.91 Å². The Balaban J connectivity index is 0.000000968. The van der Waals surface area contributed by atoms with Gasteiger partial charge in [-0.3, -0.25) is 9.78 Å². The summed E-state index contributed by atoms with van der Waals surface area (Å²) < 4.78 is 49.9. The highest BCUT2D eigenvalue weighted by atomic mass is 19.4. The van der Waals surface area contributed by atoms with E-state index >= 15 is 0 Å². The maximum absolute atomic E-state index is 13.0. The van der Waals surface area contributed by atoms with Crippen molar-refractivity contribution in [2.24, 2.45) is 5.92 Å². The fourth-order valence-corrected chi connectivity index (χ4v) is 4.42. The van der Waals surface area contributed by atoms with Crippen LogP contribution in [0.1, 0.15) is 49.9 Å². The SMILES string of the molecule is CCC.COC1COCCC1N[C@@H]1C=C[C@H](C(=O)N2CCc3ncc(C(F)(F)F)cc3C2)C1. The van der Waals surface area contributed by atoms with Crippen LogP contribution in [0.3, 0.4) is 0 Å². The van der Waals surface area contributed by atoms with E-state index in [0.717, 1.165) is 18.7 Å². The Hall–Kier alpha value is -1.97. The van der Waals surface area contributed by atoms with Gasteiger partial charge in [0.15, 0.2) is 0 Å². The maximum Gasteiger partial charge on any atom is 0.417 e. The normalized spacial score (nSPS) is 27.0. The molecular weight excluding hydrogens is 435 g/mol. The third-order valence-corrected chi connectivity index (χ3v) is 6.11. The van der Waals surface area contributed by atoms with Gasteiger partial charge in [0, 0.05) is 57.2 Å². The molecule has 9 heteroatoms. The second-order valence-corrected chi connectivity index (χ2v) is 8.79. The second-order valence-electron chi connectivity index (χ2n) is 8.79. The second kappa shape index (κ2) is 11.4. The predicted molar refractivity (Wildman–Crippen MR) is 119 cm³/mol. The van der Waals surface area contributed by atoms with Gasteiger partial charge in [-0.1, -0.05) is 32.4 Å². The number of pyridine rings is 1. The number of fused-ring (bicyclic) bond motifs is 1. The number of methoxy groups -OCH3 is 1. The van der Waals surface area contributed by atoms with Gasteiger partial charge >= 0.3 is 6.18 Å². The van der Waals surface area contributed by atoms with Gasteiger partial charge < -0.3 is 19.7 Å². The van der Waals surface area contributed by atoms with Crippen LogP contribution in [0.15, 0.2) is 24.4 Å². The van der Waals surface area contributed by atoms with E-state index in [-0.39, 0.29) is 36.6 Å². The average molecular weight is 470 g/mol. The van der Waals surface area contributed by atoms with E-state index in [9.17, 15) is 18.0 Å². The molecule has 2 unspecified atom stereocenters. The lowest BCUT2D eigenvalue weighted by atomic mass is 9.99. The molecule has 1 amide bonds. The summed E-state index contributed by atoms with van der Waals surface area (Å²) in [6, 6.07) is 1.35. The van der Waals surface area contributed by atoms with Crippen LogP contribution in [0, 0.1) is 5.92 Å². The standard InChI is InChI=1S/C21H26F3N3O3.C3H8/c1-29-19-12-30-7-5-18(19)26-16-3-2-13(9-16)20(28)27-6-4-17-14(11-27)8-15(10-25-17)21(22,23)24;1-3-2/h2-3,8,10,13,16,18-19,26H,4-7,9,11-12H2,1H3;3H2,1-2H3/t13-,16+,18?,19?;/m0./s1. The van der Waals surface area contributed by atoms with E-state index in [2.05, 4.69) is 24.1 Å². The molecule has 0 bridgehead atoms. The summed E-state index contributed by atoms with van der Waals surface area (Å²) >= 11 is 0. The van der Waals surface area contributed by atoms with Crippen molar-refractivity contribution in [1.82, 2.24) is 15.2 Å². The number of aromatic nitrogens is 1. The van der Waals surface area contributed by atoms with E-state index in [0.29, 0.717) is 43.9 Å². The zero-order chi connectivity index (χ0) is 24.0. The number of carbonyl (C=O) groups is 1. The van der Waals surface area contributed by atoms with Crippen LogP contribution in [0.4, 0.5) is 13.2 Å². The number of nitrogens with zero attached hydrogens (tertiary/aromatic N) is 2. The lowest BCUT2D eigenvalue weighted by Crippen LogP contribution is -2.50. The van der Waals surface area contributed by atoms with E-state index in [4.69, 9.17) is 9.47 Å². The fourth-order valence-electron chi connectivity index (χ4n) is 4.42. The molecule has 0 radical (unpaired) electrons. The number of hydrogen-bond donors (Lipinski definition) is 1. The first-order valence-electron chi connectivity index (χ1n) is 11.6. The van der Waals surface area contributed by atoms with Crippen molar-refractivity contribution in [3.05, 3.63) is 41.2 Å². The number of ether oxygens (including phenoxy) is 2.